The topological polar surface area (TPSA) is 67.4 Å². The van der Waals surface area contributed by atoms with E-state index in [2.05, 4.69) is 15.1 Å². The van der Waals surface area contributed by atoms with Crippen molar-refractivity contribution >= 4 is 11.8 Å². The van der Waals surface area contributed by atoms with Gasteiger partial charge in [0.25, 0.3) is 5.95 Å². The molecule has 86 valence electrons. The van der Waals surface area contributed by atoms with Gasteiger partial charge in [0.05, 0.1) is 5.69 Å². The number of hydrogen-bond acceptors (Lipinski definition) is 5. The number of aromatic nitrogens is 4. The van der Waals surface area contributed by atoms with Crippen molar-refractivity contribution in [1.82, 2.24) is 19.7 Å². The van der Waals surface area contributed by atoms with Crippen LogP contribution < -0.4 is 0 Å². The van der Waals surface area contributed by atoms with Gasteiger partial charge in [-0.2, -0.15) is 10.4 Å². The molecule has 0 fully saturated rings. The van der Waals surface area contributed by atoms with Gasteiger partial charge in [0, 0.05) is 23.1 Å². The third-order valence-electron chi connectivity index (χ3n) is 2.17. The summed E-state index contributed by atoms with van der Waals surface area (Å²) in [5.74, 6) is 0.508. The molecule has 2 rings (SSSR count). The number of hydrogen-bond donors (Lipinski definition) is 0. The van der Waals surface area contributed by atoms with E-state index in [1.807, 2.05) is 32.2 Å². The van der Waals surface area contributed by atoms with Crippen LogP contribution in [-0.4, -0.2) is 19.7 Å². The first kappa shape index (κ1) is 11.6. The van der Waals surface area contributed by atoms with Gasteiger partial charge in [0.15, 0.2) is 0 Å². The van der Waals surface area contributed by atoms with Crippen molar-refractivity contribution in [2.45, 2.75) is 25.8 Å². The van der Waals surface area contributed by atoms with Gasteiger partial charge in [-0.05, 0) is 32.9 Å². The molecule has 6 heteroatoms. The fraction of sp³-hybridized carbons (Fsp3) is 0.273. The van der Waals surface area contributed by atoms with Gasteiger partial charge >= 0.3 is 0 Å². The highest BCUT2D eigenvalue weighted by Crippen LogP contribution is 2.16. The Morgan fingerprint density at radius 2 is 1.94 bits per heavy atom. The van der Waals surface area contributed by atoms with Crippen LogP contribution in [0.2, 0.25) is 0 Å². The minimum absolute atomic E-state index is 0.508. The second kappa shape index (κ2) is 4.55. The summed E-state index contributed by atoms with van der Waals surface area (Å²) in [5.41, 5.74) is 2.71. The van der Waals surface area contributed by atoms with Gasteiger partial charge in [-0.25, -0.2) is 14.6 Å². The normalized spacial score (nSPS) is 10.2. The lowest BCUT2D eigenvalue weighted by molar-refractivity contribution is 0.753. The van der Waals surface area contributed by atoms with Gasteiger partial charge in [-0.1, -0.05) is 0 Å². The van der Waals surface area contributed by atoms with Crippen LogP contribution in [0.15, 0.2) is 17.2 Å². The average molecular weight is 245 g/mol. The Hall–Kier alpha value is -1.87. The van der Waals surface area contributed by atoms with E-state index in [1.54, 1.807) is 10.7 Å². The molecule has 0 bridgehead atoms. The van der Waals surface area contributed by atoms with Crippen molar-refractivity contribution < 1.29 is 0 Å². The molecule has 5 nitrogen and oxygen atoms in total. The first-order chi connectivity index (χ1) is 8.10. The van der Waals surface area contributed by atoms with Crippen molar-refractivity contribution in [3.05, 3.63) is 29.2 Å². The van der Waals surface area contributed by atoms with Crippen LogP contribution in [-0.2, 0) is 0 Å². The van der Waals surface area contributed by atoms with Crippen molar-refractivity contribution in [2.24, 2.45) is 0 Å². The molecule has 17 heavy (non-hydrogen) atoms. The Balaban J connectivity index is 2.52. The van der Waals surface area contributed by atoms with Gasteiger partial charge in [0.2, 0.25) is 0 Å². The summed E-state index contributed by atoms with van der Waals surface area (Å²) in [7, 11) is 0. The first-order valence-corrected chi connectivity index (χ1v) is 5.87. The van der Waals surface area contributed by atoms with Crippen molar-refractivity contribution in [3.63, 3.8) is 0 Å². The van der Waals surface area contributed by atoms with Crippen LogP contribution in [0.3, 0.4) is 0 Å². The molecule has 0 N–H and O–H groups in total. The fourth-order valence-corrected chi connectivity index (χ4v) is 2.00. The van der Waals surface area contributed by atoms with E-state index >= 15 is 0 Å². The summed E-state index contributed by atoms with van der Waals surface area (Å²) < 4.78 is 1.68. The first-order valence-electron chi connectivity index (χ1n) is 5.05. The monoisotopic (exact) mass is 245 g/mol. The zero-order valence-corrected chi connectivity index (χ0v) is 10.6. The van der Waals surface area contributed by atoms with E-state index in [-0.39, 0.29) is 0 Å². The van der Waals surface area contributed by atoms with E-state index in [9.17, 15) is 0 Å². The number of rotatable bonds is 2. The van der Waals surface area contributed by atoms with Gasteiger partial charge < -0.3 is 0 Å². The quantitative estimate of drug-likeness (QED) is 0.461. The Bertz CT molecular complexity index is 596. The maximum atomic E-state index is 8.66. The zero-order chi connectivity index (χ0) is 12.4. The molecular weight excluding hydrogens is 234 g/mol. The molecule has 0 saturated carbocycles. The van der Waals surface area contributed by atoms with Crippen LogP contribution in [0, 0.1) is 31.4 Å². The number of thioether (sulfide) groups is 1. The van der Waals surface area contributed by atoms with Crippen molar-refractivity contribution in [3.8, 4) is 11.3 Å². The second-order valence-corrected chi connectivity index (χ2v) is 4.48. The molecule has 0 unspecified atom stereocenters. The maximum Gasteiger partial charge on any atom is 0.252 e. The predicted octanol–water partition coefficient (Wildman–Crippen LogP) is 2.16. The highest BCUT2D eigenvalue weighted by Gasteiger charge is 2.09. The van der Waals surface area contributed by atoms with Gasteiger partial charge in [0.1, 0.15) is 10.4 Å². The summed E-state index contributed by atoms with van der Waals surface area (Å²) in [6.07, 6.45) is 0. The Morgan fingerprint density at radius 1 is 1.18 bits per heavy atom. The third kappa shape index (κ3) is 2.45. The van der Waals surface area contributed by atoms with Gasteiger partial charge in [-0.15, -0.1) is 0 Å². The number of nitriles is 1. The lowest BCUT2D eigenvalue weighted by Gasteiger charge is -2.04. The largest absolute Gasteiger partial charge is 0.252 e. The standard InChI is InChI=1S/C11H11N5S/c1-7-5-10(17-6-12)14-11(13-7)16-9(3)4-8(2)15-16/h4-5H,1-3H3. The summed E-state index contributed by atoms with van der Waals surface area (Å²) in [5, 5.41) is 15.6. The van der Waals surface area contributed by atoms with E-state index in [0.29, 0.717) is 11.0 Å². The fourth-order valence-electron chi connectivity index (χ4n) is 1.55. The molecule has 0 spiro atoms. The minimum atomic E-state index is 0.508. The summed E-state index contributed by atoms with van der Waals surface area (Å²) in [4.78, 5) is 8.62. The maximum absolute atomic E-state index is 8.66. The molecule has 0 atom stereocenters. The van der Waals surface area contributed by atoms with Crippen LogP contribution >= 0.6 is 11.8 Å². The van der Waals surface area contributed by atoms with E-state index in [4.69, 9.17) is 5.26 Å². The lowest BCUT2D eigenvalue weighted by atomic mass is 10.4. The number of aryl methyl sites for hydroxylation is 3. The molecule has 0 amide bonds. The molecule has 0 aliphatic heterocycles. The Kier molecular flexibility index (Phi) is 3.11. The number of thiocyanates is 1. The van der Waals surface area contributed by atoms with Crippen LogP contribution in [0.25, 0.3) is 5.95 Å². The third-order valence-corrected chi connectivity index (χ3v) is 2.68. The second-order valence-electron chi connectivity index (χ2n) is 3.68. The molecule has 0 radical (unpaired) electrons. The minimum Gasteiger partial charge on any atom is -0.216 e. The Morgan fingerprint density at radius 3 is 2.53 bits per heavy atom. The summed E-state index contributed by atoms with van der Waals surface area (Å²) in [6.45, 7) is 5.74. The van der Waals surface area contributed by atoms with E-state index in [1.165, 1.54) is 0 Å². The van der Waals surface area contributed by atoms with Crippen LogP contribution in [0.5, 0.6) is 0 Å². The molecule has 2 aromatic heterocycles. The summed E-state index contributed by atoms with van der Waals surface area (Å²) >= 11 is 1.02. The molecule has 2 heterocycles. The van der Waals surface area contributed by atoms with E-state index < -0.39 is 0 Å². The smallest absolute Gasteiger partial charge is 0.216 e. The van der Waals surface area contributed by atoms with Crippen molar-refractivity contribution in [1.29, 1.82) is 5.26 Å². The lowest BCUT2D eigenvalue weighted by Crippen LogP contribution is -2.06. The zero-order valence-electron chi connectivity index (χ0n) is 9.80. The molecule has 0 aliphatic carbocycles. The Labute approximate surface area is 104 Å². The predicted molar refractivity (Wildman–Crippen MR) is 64.8 cm³/mol. The van der Waals surface area contributed by atoms with E-state index in [0.717, 1.165) is 28.8 Å². The van der Waals surface area contributed by atoms with Gasteiger partial charge in [-0.3, -0.25) is 0 Å². The number of nitrogens with zero attached hydrogens (tertiary/aromatic N) is 5. The van der Waals surface area contributed by atoms with Crippen molar-refractivity contribution in [2.75, 3.05) is 0 Å². The molecule has 0 aliphatic rings. The molecular formula is C11H11N5S. The molecule has 0 aromatic carbocycles. The highest BCUT2D eigenvalue weighted by molar-refractivity contribution is 8.03. The van der Waals surface area contributed by atoms with Crippen LogP contribution in [0.1, 0.15) is 17.1 Å². The highest BCUT2D eigenvalue weighted by atomic mass is 32.2. The average Bonchev–Trinajstić information content (AvgIpc) is 2.57. The van der Waals surface area contributed by atoms with Crippen LogP contribution in [0.4, 0.5) is 0 Å². The summed E-state index contributed by atoms with van der Waals surface area (Å²) in [6, 6.07) is 3.74. The SMILES string of the molecule is Cc1cc(SC#N)nc(-n2nc(C)cc2C)n1. The molecule has 0 saturated heterocycles. The molecule has 2 aromatic rings.